The molecule has 4 heteroatoms. The number of hydrogen-bond acceptors (Lipinski definition) is 3. The SMILES string of the molecule is COc1ccc(CN2C(=O)C(C)=CC2S)cc1. The van der Waals surface area contributed by atoms with E-state index >= 15 is 0 Å². The second-order valence-corrected chi connectivity index (χ2v) is 4.57. The van der Waals surface area contributed by atoms with Gasteiger partial charge in [-0.25, -0.2) is 0 Å². The number of carbonyl (C=O) groups is 1. The molecule has 1 atom stereocenters. The maximum atomic E-state index is 11.8. The van der Waals surface area contributed by atoms with Crippen molar-refractivity contribution in [1.29, 1.82) is 0 Å². The van der Waals surface area contributed by atoms with Crippen LogP contribution in [0, 0.1) is 0 Å². The summed E-state index contributed by atoms with van der Waals surface area (Å²) in [6.07, 6.45) is 1.87. The highest BCUT2D eigenvalue weighted by Gasteiger charge is 2.27. The minimum atomic E-state index is -0.121. The van der Waals surface area contributed by atoms with Crippen LogP contribution in [0.15, 0.2) is 35.9 Å². The average Bonchev–Trinajstić information content (AvgIpc) is 2.57. The standard InChI is InChI=1S/C13H15NO2S/c1-9-7-12(17)14(13(9)15)8-10-3-5-11(16-2)6-4-10/h3-7,12,17H,8H2,1-2H3. The molecule has 0 saturated carbocycles. The van der Waals surface area contributed by atoms with Crippen LogP contribution in [0.5, 0.6) is 5.75 Å². The van der Waals surface area contributed by atoms with E-state index in [9.17, 15) is 4.79 Å². The van der Waals surface area contributed by atoms with Crippen molar-refractivity contribution in [2.24, 2.45) is 0 Å². The number of carbonyl (C=O) groups excluding carboxylic acids is 1. The molecule has 1 aliphatic heterocycles. The first-order chi connectivity index (χ1) is 8.11. The summed E-state index contributed by atoms with van der Waals surface area (Å²) in [5.74, 6) is 0.874. The Bertz CT molecular complexity index is 453. The lowest BCUT2D eigenvalue weighted by Crippen LogP contribution is -2.30. The Balaban J connectivity index is 2.09. The first-order valence-electron chi connectivity index (χ1n) is 5.42. The summed E-state index contributed by atoms with van der Waals surface area (Å²) >= 11 is 4.38. The average molecular weight is 249 g/mol. The quantitative estimate of drug-likeness (QED) is 0.833. The molecule has 1 aromatic rings. The Morgan fingerprint density at radius 3 is 2.47 bits per heavy atom. The van der Waals surface area contributed by atoms with Gasteiger partial charge in [-0.05, 0) is 30.7 Å². The molecule has 1 unspecified atom stereocenters. The molecule has 0 saturated heterocycles. The third kappa shape index (κ3) is 2.47. The van der Waals surface area contributed by atoms with Crippen molar-refractivity contribution >= 4 is 18.5 Å². The Kier molecular flexibility index (Phi) is 3.43. The van der Waals surface area contributed by atoms with Gasteiger partial charge in [0.05, 0.1) is 12.5 Å². The van der Waals surface area contributed by atoms with E-state index in [0.717, 1.165) is 16.9 Å². The molecule has 0 fully saturated rings. The van der Waals surface area contributed by atoms with Crippen LogP contribution < -0.4 is 4.74 Å². The molecule has 2 rings (SSSR count). The first-order valence-corrected chi connectivity index (χ1v) is 5.94. The molecule has 17 heavy (non-hydrogen) atoms. The fourth-order valence-corrected chi connectivity index (χ4v) is 2.23. The second kappa shape index (κ2) is 4.84. The lowest BCUT2D eigenvalue weighted by molar-refractivity contribution is -0.126. The van der Waals surface area contributed by atoms with Crippen LogP contribution in [-0.4, -0.2) is 23.3 Å². The highest BCUT2D eigenvalue weighted by atomic mass is 32.1. The van der Waals surface area contributed by atoms with E-state index in [0.29, 0.717) is 6.54 Å². The van der Waals surface area contributed by atoms with E-state index in [-0.39, 0.29) is 11.3 Å². The number of thiol groups is 1. The van der Waals surface area contributed by atoms with Gasteiger partial charge in [0.25, 0.3) is 5.91 Å². The topological polar surface area (TPSA) is 29.5 Å². The molecule has 0 aliphatic carbocycles. The zero-order valence-electron chi connectivity index (χ0n) is 9.88. The number of rotatable bonds is 3. The number of ether oxygens (including phenoxy) is 1. The third-order valence-electron chi connectivity index (χ3n) is 2.83. The van der Waals surface area contributed by atoms with E-state index in [2.05, 4.69) is 12.6 Å². The van der Waals surface area contributed by atoms with Crippen molar-refractivity contribution in [3.63, 3.8) is 0 Å². The molecule has 1 aliphatic rings. The summed E-state index contributed by atoms with van der Waals surface area (Å²) in [7, 11) is 1.63. The lowest BCUT2D eigenvalue weighted by atomic mass is 10.2. The number of hydrogen-bond donors (Lipinski definition) is 1. The Morgan fingerprint density at radius 1 is 1.35 bits per heavy atom. The molecule has 3 nitrogen and oxygen atoms in total. The fraction of sp³-hybridized carbons (Fsp3) is 0.308. The van der Waals surface area contributed by atoms with Gasteiger partial charge in [0.15, 0.2) is 0 Å². The van der Waals surface area contributed by atoms with Crippen LogP contribution in [0.4, 0.5) is 0 Å². The van der Waals surface area contributed by atoms with Crippen molar-refractivity contribution in [2.75, 3.05) is 7.11 Å². The minimum absolute atomic E-state index is 0.0563. The highest BCUT2D eigenvalue weighted by molar-refractivity contribution is 7.81. The number of benzene rings is 1. The zero-order valence-corrected chi connectivity index (χ0v) is 10.8. The lowest BCUT2D eigenvalue weighted by Gasteiger charge is -2.21. The van der Waals surface area contributed by atoms with Crippen LogP contribution in [0.1, 0.15) is 12.5 Å². The Morgan fingerprint density at radius 2 is 2.00 bits per heavy atom. The van der Waals surface area contributed by atoms with Gasteiger partial charge in [-0.1, -0.05) is 12.1 Å². The Labute approximate surface area is 106 Å². The summed E-state index contributed by atoms with van der Waals surface area (Å²) < 4.78 is 5.09. The van der Waals surface area contributed by atoms with E-state index in [1.165, 1.54) is 0 Å². The van der Waals surface area contributed by atoms with Crippen LogP contribution in [0.25, 0.3) is 0 Å². The molecular formula is C13H15NO2S. The normalized spacial score (nSPS) is 19.5. The maximum Gasteiger partial charge on any atom is 0.250 e. The maximum absolute atomic E-state index is 11.8. The van der Waals surface area contributed by atoms with Crippen LogP contribution >= 0.6 is 12.6 Å². The van der Waals surface area contributed by atoms with E-state index in [1.807, 2.05) is 37.3 Å². The van der Waals surface area contributed by atoms with Gasteiger partial charge in [-0.15, -0.1) is 0 Å². The van der Waals surface area contributed by atoms with Gasteiger partial charge in [-0.3, -0.25) is 4.79 Å². The van der Waals surface area contributed by atoms with Gasteiger partial charge < -0.3 is 9.64 Å². The summed E-state index contributed by atoms with van der Waals surface area (Å²) in [5, 5.41) is -0.121. The predicted octanol–water partition coefficient (Wildman–Crippen LogP) is 2.24. The van der Waals surface area contributed by atoms with Gasteiger partial charge in [0.2, 0.25) is 0 Å². The summed E-state index contributed by atoms with van der Waals surface area (Å²) in [5.41, 5.74) is 1.83. The molecule has 0 bridgehead atoms. The first kappa shape index (κ1) is 12.0. The Hall–Kier alpha value is -1.42. The molecule has 0 radical (unpaired) electrons. The van der Waals surface area contributed by atoms with Crippen molar-refractivity contribution in [3.8, 4) is 5.75 Å². The molecule has 1 amide bonds. The van der Waals surface area contributed by atoms with Crippen molar-refractivity contribution < 1.29 is 9.53 Å². The highest BCUT2D eigenvalue weighted by Crippen LogP contribution is 2.23. The molecule has 0 aromatic heterocycles. The van der Waals surface area contributed by atoms with Gasteiger partial charge >= 0.3 is 0 Å². The minimum Gasteiger partial charge on any atom is -0.497 e. The molecule has 1 aromatic carbocycles. The molecule has 0 spiro atoms. The van der Waals surface area contributed by atoms with Crippen LogP contribution in [0.2, 0.25) is 0 Å². The molecule has 0 N–H and O–H groups in total. The van der Waals surface area contributed by atoms with Crippen LogP contribution in [-0.2, 0) is 11.3 Å². The van der Waals surface area contributed by atoms with E-state index in [4.69, 9.17) is 4.74 Å². The summed E-state index contributed by atoms with van der Waals surface area (Å²) in [6.45, 7) is 2.39. The molecular weight excluding hydrogens is 234 g/mol. The van der Waals surface area contributed by atoms with Gasteiger partial charge in [0.1, 0.15) is 5.75 Å². The number of nitrogens with zero attached hydrogens (tertiary/aromatic N) is 1. The summed E-state index contributed by atoms with van der Waals surface area (Å²) in [6, 6.07) is 7.70. The molecule has 1 heterocycles. The largest absolute Gasteiger partial charge is 0.497 e. The second-order valence-electron chi connectivity index (χ2n) is 4.04. The van der Waals surface area contributed by atoms with Crippen molar-refractivity contribution in [2.45, 2.75) is 18.8 Å². The van der Waals surface area contributed by atoms with E-state index < -0.39 is 0 Å². The van der Waals surface area contributed by atoms with E-state index in [1.54, 1.807) is 12.0 Å². The zero-order chi connectivity index (χ0) is 12.4. The van der Waals surface area contributed by atoms with Crippen molar-refractivity contribution in [1.82, 2.24) is 4.90 Å². The smallest absolute Gasteiger partial charge is 0.250 e. The van der Waals surface area contributed by atoms with Gasteiger partial charge in [0, 0.05) is 12.1 Å². The monoisotopic (exact) mass is 249 g/mol. The molecule has 90 valence electrons. The number of methoxy groups -OCH3 is 1. The van der Waals surface area contributed by atoms with Crippen molar-refractivity contribution in [3.05, 3.63) is 41.5 Å². The van der Waals surface area contributed by atoms with Crippen LogP contribution in [0.3, 0.4) is 0 Å². The fourth-order valence-electron chi connectivity index (χ4n) is 1.82. The van der Waals surface area contributed by atoms with Gasteiger partial charge in [-0.2, -0.15) is 12.6 Å². The summed E-state index contributed by atoms with van der Waals surface area (Å²) in [4.78, 5) is 13.6. The third-order valence-corrected chi connectivity index (χ3v) is 3.26. The number of amides is 1. The predicted molar refractivity (Wildman–Crippen MR) is 70.1 cm³/mol.